The zero-order chi connectivity index (χ0) is 36.0. The molecule has 0 radical (unpaired) electrons. The third-order valence-corrected chi connectivity index (χ3v) is 12.1. The van der Waals surface area contributed by atoms with Gasteiger partial charge in [0.15, 0.2) is 5.82 Å². The van der Waals surface area contributed by atoms with Crippen LogP contribution in [0.5, 0.6) is 6.01 Å². The summed E-state index contributed by atoms with van der Waals surface area (Å²) in [5, 5.41) is 9.29. The Morgan fingerprint density at radius 1 is 1.16 bits per heavy atom. The molecule has 51 heavy (non-hydrogen) atoms. The van der Waals surface area contributed by atoms with E-state index in [0.717, 1.165) is 24.6 Å². The van der Waals surface area contributed by atoms with Crippen molar-refractivity contribution in [1.82, 2.24) is 19.8 Å². The molecule has 4 aliphatic heterocycles. The minimum atomic E-state index is -5.11. The molecule has 6 heterocycles. The molecule has 16 heteroatoms. The van der Waals surface area contributed by atoms with Gasteiger partial charge in [0, 0.05) is 49.3 Å². The van der Waals surface area contributed by atoms with Crippen LogP contribution >= 0.6 is 11.3 Å². The third kappa shape index (κ3) is 5.34. The molecule has 4 aliphatic rings. The highest BCUT2D eigenvalue weighted by Crippen LogP contribution is 2.49. The second-order valence-electron chi connectivity index (χ2n) is 13.9. The summed E-state index contributed by atoms with van der Waals surface area (Å²) in [4.78, 5) is 27.1. The largest absolute Gasteiger partial charge is 0.461 e. The number of thiophene rings is 1. The Kier molecular flexibility index (Phi) is 8.02. The Hall–Kier alpha value is -4.36. The van der Waals surface area contributed by atoms with Crippen molar-refractivity contribution in [2.75, 3.05) is 43.4 Å². The van der Waals surface area contributed by atoms with E-state index in [1.165, 1.54) is 6.92 Å². The third-order valence-electron chi connectivity index (χ3n) is 11.1. The van der Waals surface area contributed by atoms with Crippen molar-refractivity contribution < 1.29 is 35.9 Å². The molecular formula is C35H33F6N7O2S. The first-order valence-corrected chi connectivity index (χ1v) is 17.7. The van der Waals surface area contributed by atoms with Gasteiger partial charge >= 0.3 is 12.2 Å². The Morgan fingerprint density at radius 2 is 1.96 bits per heavy atom. The van der Waals surface area contributed by atoms with E-state index in [9.17, 15) is 18.8 Å². The second-order valence-corrected chi connectivity index (χ2v) is 15.0. The van der Waals surface area contributed by atoms with E-state index in [0.29, 0.717) is 56.7 Å². The number of hydrogen-bond acceptors (Lipinski definition) is 9. The lowest BCUT2D eigenvalue weighted by atomic mass is 9.92. The van der Waals surface area contributed by atoms with Gasteiger partial charge in [-0.05, 0) is 56.3 Å². The second kappa shape index (κ2) is 12.1. The molecule has 2 N–H and O–H groups in total. The van der Waals surface area contributed by atoms with Crippen molar-refractivity contribution in [3.8, 4) is 23.2 Å². The summed E-state index contributed by atoms with van der Waals surface area (Å²) in [7, 11) is 0. The Bertz CT molecular complexity index is 2140. The molecule has 2 unspecified atom stereocenters. The van der Waals surface area contributed by atoms with Gasteiger partial charge in [-0.1, -0.05) is 6.07 Å². The number of alkyl halides is 4. The lowest BCUT2D eigenvalue weighted by Crippen LogP contribution is -2.51. The minimum Gasteiger partial charge on any atom is -0.461 e. The molecule has 2 aromatic heterocycles. The van der Waals surface area contributed by atoms with Gasteiger partial charge in [0.05, 0.1) is 33.4 Å². The summed E-state index contributed by atoms with van der Waals surface area (Å²) >= 11 is 0.688. The van der Waals surface area contributed by atoms with Gasteiger partial charge in [0.2, 0.25) is 5.91 Å². The molecule has 2 aromatic carbocycles. The maximum Gasteiger partial charge on any atom is 0.417 e. The molecule has 4 saturated heterocycles. The fourth-order valence-corrected chi connectivity index (χ4v) is 9.91. The molecule has 8 rings (SSSR count). The van der Waals surface area contributed by atoms with Crippen molar-refractivity contribution in [3.05, 3.63) is 41.0 Å². The van der Waals surface area contributed by atoms with Crippen LogP contribution in [-0.4, -0.2) is 82.3 Å². The quantitative estimate of drug-likeness (QED) is 0.223. The zero-order valence-corrected chi connectivity index (χ0v) is 28.3. The molecule has 0 spiro atoms. The Morgan fingerprint density at radius 3 is 2.71 bits per heavy atom. The van der Waals surface area contributed by atoms with Gasteiger partial charge in [0.25, 0.3) is 0 Å². The van der Waals surface area contributed by atoms with Gasteiger partial charge < -0.3 is 20.3 Å². The van der Waals surface area contributed by atoms with Crippen LogP contribution in [-0.2, 0) is 11.0 Å². The summed E-state index contributed by atoms with van der Waals surface area (Å²) in [6.07, 6.45) is -2.59. The van der Waals surface area contributed by atoms with E-state index < -0.39 is 46.2 Å². The van der Waals surface area contributed by atoms with Crippen LogP contribution in [0.3, 0.4) is 0 Å². The van der Waals surface area contributed by atoms with Crippen molar-refractivity contribution in [2.24, 2.45) is 0 Å². The minimum absolute atomic E-state index is 0.00403. The van der Waals surface area contributed by atoms with Crippen LogP contribution in [0.25, 0.3) is 32.1 Å². The lowest BCUT2D eigenvalue weighted by molar-refractivity contribution is -0.137. The number of rotatable bonds is 5. The smallest absolute Gasteiger partial charge is 0.417 e. The maximum atomic E-state index is 17.2. The van der Waals surface area contributed by atoms with Crippen molar-refractivity contribution in [3.63, 3.8) is 0 Å². The molecule has 4 aromatic rings. The number of likely N-dealkylation sites (tertiary alicyclic amines) is 1. The van der Waals surface area contributed by atoms with Gasteiger partial charge in [-0.25, -0.2) is 13.2 Å². The van der Waals surface area contributed by atoms with E-state index in [1.54, 1.807) is 4.90 Å². The van der Waals surface area contributed by atoms with Crippen LogP contribution < -0.4 is 15.4 Å². The SMILES string of the molecule is CC(=O)N1CCC2C1CCCN2c1nc(OC[C@@]23CCCN2C[C@H](F)C3)nc2c(F)c(-c3ccc(F)c4sc(N)c(C#N)c34)c(C(F)(F)F)cc12. The topological polar surface area (TPSA) is 112 Å². The number of nitrogen functional groups attached to an aromatic ring is 1. The van der Waals surface area contributed by atoms with E-state index in [1.807, 2.05) is 15.9 Å². The summed E-state index contributed by atoms with van der Waals surface area (Å²) in [6, 6.07) is 3.75. The molecule has 9 nitrogen and oxygen atoms in total. The standard InChI is InChI=1S/C35H33F6N7O2S/c1-17(49)47-11-7-25-24(47)4-2-10-48(25)32-20-12-22(35(39,40)41)27(19-5-6-23(37)30-26(19)21(14-42)31(43)51-30)28(38)29(20)44-33(45-32)50-16-34-8-3-9-46(34)15-18(36)13-34/h5-6,12,18,24-25H,2-4,7-11,13,15-16,43H2,1H3/t18-,24?,25?,34+/m1/s1. The lowest BCUT2D eigenvalue weighted by Gasteiger charge is -2.41. The Labute approximate surface area is 292 Å². The molecule has 0 bridgehead atoms. The summed E-state index contributed by atoms with van der Waals surface area (Å²) < 4.78 is 98.0. The summed E-state index contributed by atoms with van der Waals surface area (Å²) in [6.45, 7) is 3.26. The first-order chi connectivity index (χ1) is 24.3. The zero-order valence-electron chi connectivity index (χ0n) is 27.5. The number of aromatic nitrogens is 2. The van der Waals surface area contributed by atoms with Crippen molar-refractivity contribution in [1.29, 1.82) is 5.26 Å². The van der Waals surface area contributed by atoms with E-state index in [-0.39, 0.29) is 81.0 Å². The molecule has 0 saturated carbocycles. The number of nitrogens with zero attached hydrogens (tertiary/aromatic N) is 6. The highest BCUT2D eigenvalue weighted by atomic mass is 32.1. The number of ether oxygens (including phenoxy) is 1. The average molecular weight is 730 g/mol. The number of nitrogens with two attached hydrogens (primary N) is 1. The summed E-state index contributed by atoms with van der Waals surface area (Å²) in [5.41, 5.74) is 2.00. The van der Waals surface area contributed by atoms with E-state index in [4.69, 9.17) is 10.5 Å². The monoisotopic (exact) mass is 729 g/mol. The predicted molar refractivity (Wildman–Crippen MR) is 179 cm³/mol. The van der Waals surface area contributed by atoms with Crippen LogP contribution in [0, 0.1) is 23.0 Å². The van der Waals surface area contributed by atoms with Gasteiger partial charge in [-0.2, -0.15) is 28.4 Å². The van der Waals surface area contributed by atoms with Crippen molar-refractivity contribution in [2.45, 2.75) is 75.4 Å². The maximum absolute atomic E-state index is 17.2. The van der Waals surface area contributed by atoms with Crippen LogP contribution in [0.15, 0.2) is 18.2 Å². The number of benzene rings is 2. The number of halogens is 6. The molecular weight excluding hydrogens is 696 g/mol. The highest BCUT2D eigenvalue weighted by Gasteiger charge is 2.50. The number of hydrogen-bond donors (Lipinski definition) is 1. The number of fused-ring (bicyclic) bond motifs is 4. The predicted octanol–water partition coefficient (Wildman–Crippen LogP) is 6.81. The first-order valence-electron chi connectivity index (χ1n) is 16.9. The molecule has 268 valence electrons. The van der Waals surface area contributed by atoms with Crippen LogP contribution in [0.2, 0.25) is 0 Å². The number of piperidine rings is 1. The molecule has 4 fully saturated rings. The summed E-state index contributed by atoms with van der Waals surface area (Å²) in [5.74, 6) is -2.26. The fourth-order valence-electron chi connectivity index (χ4n) is 8.96. The number of anilines is 2. The average Bonchev–Trinajstić information content (AvgIpc) is 3.84. The van der Waals surface area contributed by atoms with Crippen LogP contribution in [0.1, 0.15) is 56.6 Å². The number of nitriles is 1. The van der Waals surface area contributed by atoms with Gasteiger partial charge in [0.1, 0.15) is 41.0 Å². The normalized spacial score (nSPS) is 25.1. The first kappa shape index (κ1) is 33.8. The van der Waals surface area contributed by atoms with Crippen molar-refractivity contribution >= 4 is 49.1 Å². The molecule has 4 atom stereocenters. The van der Waals surface area contributed by atoms with Gasteiger partial charge in [-0.15, -0.1) is 11.3 Å². The number of carbonyl (C=O) groups is 1. The number of amides is 1. The highest BCUT2D eigenvalue weighted by molar-refractivity contribution is 7.23. The fraction of sp³-hybridized carbons (Fsp3) is 0.486. The van der Waals surface area contributed by atoms with E-state index >= 15 is 17.6 Å². The van der Waals surface area contributed by atoms with Crippen LogP contribution in [0.4, 0.5) is 37.2 Å². The molecule has 0 aliphatic carbocycles. The number of carbonyl (C=O) groups excluding carboxylic acids is 1. The molecule has 1 amide bonds. The Balaban J connectivity index is 1.35. The van der Waals surface area contributed by atoms with Gasteiger partial charge in [-0.3, -0.25) is 9.69 Å². The van der Waals surface area contributed by atoms with E-state index in [2.05, 4.69) is 9.97 Å².